The molecule has 15 heavy (non-hydrogen) atoms. The molecule has 1 fully saturated rings. The van der Waals surface area contributed by atoms with E-state index in [1.165, 1.54) is 0 Å². The van der Waals surface area contributed by atoms with Crippen molar-refractivity contribution in [3.05, 3.63) is 18.0 Å². The molecule has 0 radical (unpaired) electrons. The molecule has 0 aromatic carbocycles. The molecule has 2 rings (SSSR count). The van der Waals surface area contributed by atoms with E-state index in [-0.39, 0.29) is 5.92 Å². The standard InChI is InChI=1S/C11H14N2OS/c1-7-5-12-11(13-6-7)15-10-4-3-9(14)8(10)2/h5-6,8,10H,3-4H2,1-2H3. The fourth-order valence-corrected chi connectivity index (χ4v) is 2.80. The van der Waals surface area contributed by atoms with Crippen LogP contribution >= 0.6 is 11.8 Å². The third-order valence-electron chi connectivity index (χ3n) is 2.75. The second-order valence-corrected chi connectivity index (χ2v) is 5.20. The second kappa shape index (κ2) is 4.31. The monoisotopic (exact) mass is 222 g/mol. The molecule has 1 aromatic heterocycles. The minimum Gasteiger partial charge on any atom is -0.299 e. The molecule has 80 valence electrons. The summed E-state index contributed by atoms with van der Waals surface area (Å²) in [6, 6.07) is 0. The number of hydrogen-bond acceptors (Lipinski definition) is 4. The number of aryl methyl sites for hydroxylation is 1. The fraction of sp³-hybridized carbons (Fsp3) is 0.545. The summed E-state index contributed by atoms with van der Waals surface area (Å²) in [6.07, 6.45) is 5.31. The van der Waals surface area contributed by atoms with Crippen LogP contribution in [0.25, 0.3) is 0 Å². The van der Waals surface area contributed by atoms with Gasteiger partial charge in [-0.05, 0) is 18.9 Å². The van der Waals surface area contributed by atoms with Crippen molar-refractivity contribution in [3.8, 4) is 0 Å². The summed E-state index contributed by atoms with van der Waals surface area (Å²) < 4.78 is 0. The Bertz CT molecular complexity index is 363. The molecule has 0 saturated heterocycles. The Labute approximate surface area is 93.7 Å². The van der Waals surface area contributed by atoms with Crippen LogP contribution in [0.1, 0.15) is 25.3 Å². The second-order valence-electron chi connectivity index (χ2n) is 3.99. The summed E-state index contributed by atoms with van der Waals surface area (Å²) in [5.41, 5.74) is 1.06. The Morgan fingerprint density at radius 3 is 2.60 bits per heavy atom. The number of thioether (sulfide) groups is 1. The molecule has 0 aliphatic heterocycles. The molecule has 0 N–H and O–H groups in total. The summed E-state index contributed by atoms with van der Waals surface area (Å²) in [5, 5.41) is 1.15. The van der Waals surface area contributed by atoms with Gasteiger partial charge in [-0.15, -0.1) is 0 Å². The molecular formula is C11H14N2OS. The van der Waals surface area contributed by atoms with E-state index in [9.17, 15) is 4.79 Å². The highest BCUT2D eigenvalue weighted by Gasteiger charge is 2.32. The number of carbonyl (C=O) groups excluding carboxylic acids is 1. The van der Waals surface area contributed by atoms with Crippen LogP contribution in [0.15, 0.2) is 17.6 Å². The lowest BCUT2D eigenvalue weighted by molar-refractivity contribution is -0.120. The Hall–Kier alpha value is -0.900. The molecule has 0 bridgehead atoms. The smallest absolute Gasteiger partial charge is 0.187 e. The first-order chi connectivity index (χ1) is 7.16. The Morgan fingerprint density at radius 2 is 2.07 bits per heavy atom. The van der Waals surface area contributed by atoms with Crippen LogP contribution in [0, 0.1) is 12.8 Å². The summed E-state index contributed by atoms with van der Waals surface area (Å²) >= 11 is 1.63. The first-order valence-corrected chi connectivity index (χ1v) is 6.03. The minimum atomic E-state index is 0.153. The van der Waals surface area contributed by atoms with Crippen molar-refractivity contribution in [1.29, 1.82) is 0 Å². The number of nitrogens with zero attached hydrogens (tertiary/aromatic N) is 2. The van der Waals surface area contributed by atoms with Crippen molar-refractivity contribution < 1.29 is 4.79 Å². The summed E-state index contributed by atoms with van der Waals surface area (Å²) in [4.78, 5) is 19.9. The van der Waals surface area contributed by atoms with Gasteiger partial charge in [0.15, 0.2) is 5.16 Å². The maximum Gasteiger partial charge on any atom is 0.187 e. The van der Waals surface area contributed by atoms with Gasteiger partial charge in [0.2, 0.25) is 0 Å². The van der Waals surface area contributed by atoms with Crippen molar-refractivity contribution in [3.63, 3.8) is 0 Å². The van der Waals surface area contributed by atoms with E-state index >= 15 is 0 Å². The van der Waals surface area contributed by atoms with Gasteiger partial charge in [0.1, 0.15) is 5.78 Å². The number of carbonyl (C=O) groups is 1. The van der Waals surface area contributed by atoms with Gasteiger partial charge in [0, 0.05) is 30.0 Å². The molecule has 2 atom stereocenters. The quantitative estimate of drug-likeness (QED) is 0.720. The van der Waals surface area contributed by atoms with Crippen LogP contribution in [0.2, 0.25) is 0 Å². The highest BCUT2D eigenvalue weighted by molar-refractivity contribution is 7.99. The van der Waals surface area contributed by atoms with Crippen LogP contribution in [0.3, 0.4) is 0 Å². The van der Waals surface area contributed by atoms with E-state index in [1.54, 1.807) is 11.8 Å². The molecule has 1 aromatic rings. The zero-order valence-electron chi connectivity index (χ0n) is 8.93. The van der Waals surface area contributed by atoms with E-state index in [1.807, 2.05) is 26.2 Å². The first-order valence-electron chi connectivity index (χ1n) is 5.15. The topological polar surface area (TPSA) is 42.9 Å². The lowest BCUT2D eigenvalue weighted by Gasteiger charge is -2.11. The van der Waals surface area contributed by atoms with Crippen molar-refractivity contribution in [2.75, 3.05) is 0 Å². The largest absolute Gasteiger partial charge is 0.299 e. The highest BCUT2D eigenvalue weighted by atomic mass is 32.2. The molecule has 1 saturated carbocycles. The average Bonchev–Trinajstić information content (AvgIpc) is 2.53. The summed E-state index contributed by atoms with van der Waals surface area (Å²) in [5.74, 6) is 0.527. The molecular weight excluding hydrogens is 208 g/mol. The van der Waals surface area contributed by atoms with Crippen molar-refractivity contribution in [2.24, 2.45) is 5.92 Å². The van der Waals surface area contributed by atoms with Gasteiger partial charge in [0.05, 0.1) is 0 Å². The molecule has 1 heterocycles. The zero-order valence-corrected chi connectivity index (χ0v) is 9.75. The Kier molecular flexibility index (Phi) is 3.05. The molecule has 3 nitrogen and oxygen atoms in total. The van der Waals surface area contributed by atoms with Gasteiger partial charge in [-0.1, -0.05) is 18.7 Å². The SMILES string of the molecule is Cc1cnc(SC2CCC(=O)C2C)nc1. The predicted octanol–water partition coefficient (Wildman–Crippen LogP) is 2.24. The minimum absolute atomic E-state index is 0.153. The number of ketones is 1. The van der Waals surface area contributed by atoms with Gasteiger partial charge in [-0.25, -0.2) is 9.97 Å². The summed E-state index contributed by atoms with van der Waals surface area (Å²) in [6.45, 7) is 3.97. The number of rotatable bonds is 2. The molecule has 1 aliphatic rings. The average molecular weight is 222 g/mol. The van der Waals surface area contributed by atoms with E-state index in [2.05, 4.69) is 9.97 Å². The lowest BCUT2D eigenvalue weighted by atomic mass is 10.1. The predicted molar refractivity (Wildman–Crippen MR) is 59.8 cm³/mol. The number of hydrogen-bond donors (Lipinski definition) is 0. The van der Waals surface area contributed by atoms with Gasteiger partial charge in [-0.2, -0.15) is 0 Å². The third-order valence-corrected chi connectivity index (χ3v) is 4.12. The van der Waals surface area contributed by atoms with Crippen molar-refractivity contribution in [1.82, 2.24) is 9.97 Å². The van der Waals surface area contributed by atoms with Crippen LogP contribution in [-0.2, 0) is 4.79 Å². The molecule has 4 heteroatoms. The maximum atomic E-state index is 11.4. The van der Waals surface area contributed by atoms with Crippen LogP contribution < -0.4 is 0 Å². The Balaban J connectivity index is 2.03. The van der Waals surface area contributed by atoms with E-state index in [4.69, 9.17) is 0 Å². The van der Waals surface area contributed by atoms with E-state index in [0.29, 0.717) is 17.5 Å². The van der Waals surface area contributed by atoms with Crippen molar-refractivity contribution >= 4 is 17.5 Å². The van der Waals surface area contributed by atoms with Gasteiger partial charge in [-0.3, -0.25) is 4.79 Å². The molecule has 0 amide bonds. The van der Waals surface area contributed by atoms with Crippen molar-refractivity contribution in [2.45, 2.75) is 37.1 Å². The van der Waals surface area contributed by atoms with E-state index < -0.39 is 0 Å². The maximum absolute atomic E-state index is 11.4. The Morgan fingerprint density at radius 1 is 1.40 bits per heavy atom. The molecule has 0 spiro atoms. The molecule has 1 aliphatic carbocycles. The normalized spacial score (nSPS) is 25.9. The number of Topliss-reactive ketones (excluding diaryl/α,β-unsaturated/α-hetero) is 1. The van der Waals surface area contributed by atoms with Gasteiger partial charge >= 0.3 is 0 Å². The van der Waals surface area contributed by atoms with Crippen LogP contribution in [0.5, 0.6) is 0 Å². The van der Waals surface area contributed by atoms with Gasteiger partial charge in [0.25, 0.3) is 0 Å². The zero-order chi connectivity index (χ0) is 10.8. The lowest BCUT2D eigenvalue weighted by Crippen LogP contribution is -2.12. The van der Waals surface area contributed by atoms with Crippen LogP contribution in [-0.4, -0.2) is 21.0 Å². The number of aromatic nitrogens is 2. The van der Waals surface area contributed by atoms with Crippen LogP contribution in [0.4, 0.5) is 0 Å². The third kappa shape index (κ3) is 2.37. The molecule has 2 unspecified atom stereocenters. The highest BCUT2D eigenvalue weighted by Crippen LogP contribution is 2.35. The first kappa shape index (κ1) is 10.6. The summed E-state index contributed by atoms with van der Waals surface area (Å²) in [7, 11) is 0. The van der Waals surface area contributed by atoms with E-state index in [0.717, 1.165) is 17.1 Å². The van der Waals surface area contributed by atoms with Gasteiger partial charge < -0.3 is 0 Å². The fourth-order valence-electron chi connectivity index (χ4n) is 1.71.